The largest absolute Gasteiger partial charge is 0.497 e. The van der Waals surface area contributed by atoms with Crippen LogP contribution < -0.4 is 14.8 Å². The molecule has 30 heavy (non-hydrogen) atoms. The van der Waals surface area contributed by atoms with Gasteiger partial charge in [-0.25, -0.2) is 4.79 Å². The maximum Gasteiger partial charge on any atom is 0.331 e. The Labute approximate surface area is 175 Å². The number of fused-ring (bicyclic) bond motifs is 1. The lowest BCUT2D eigenvalue weighted by atomic mass is 10.1. The van der Waals surface area contributed by atoms with E-state index < -0.39 is 18.5 Å². The molecule has 0 aliphatic rings. The van der Waals surface area contributed by atoms with Crippen LogP contribution in [0.25, 0.3) is 16.8 Å². The Kier molecular flexibility index (Phi) is 6.70. The number of nitrogens with one attached hydrogen (secondary N) is 1. The summed E-state index contributed by atoms with van der Waals surface area (Å²) in [6.07, 6.45) is 2.94. The molecule has 0 unspecified atom stereocenters. The molecule has 3 aromatic carbocycles. The van der Waals surface area contributed by atoms with E-state index in [4.69, 9.17) is 14.2 Å². The number of methoxy groups -OCH3 is 2. The van der Waals surface area contributed by atoms with E-state index >= 15 is 0 Å². The number of aryl methyl sites for hydroxylation is 1. The fourth-order valence-corrected chi connectivity index (χ4v) is 2.93. The summed E-state index contributed by atoms with van der Waals surface area (Å²) in [6, 6.07) is 17.0. The summed E-state index contributed by atoms with van der Waals surface area (Å²) in [4.78, 5) is 24.1. The zero-order chi connectivity index (χ0) is 21.5. The van der Waals surface area contributed by atoms with Gasteiger partial charge in [0.25, 0.3) is 5.91 Å². The molecule has 6 nitrogen and oxygen atoms in total. The third-order valence-corrected chi connectivity index (χ3v) is 4.46. The van der Waals surface area contributed by atoms with Gasteiger partial charge < -0.3 is 19.5 Å². The van der Waals surface area contributed by atoms with Crippen molar-refractivity contribution in [3.8, 4) is 11.5 Å². The minimum atomic E-state index is -0.601. The molecule has 154 valence electrons. The van der Waals surface area contributed by atoms with Crippen LogP contribution in [0.2, 0.25) is 0 Å². The summed E-state index contributed by atoms with van der Waals surface area (Å²) in [5.41, 5.74) is 2.35. The number of carbonyl (C=O) groups is 2. The molecule has 6 heteroatoms. The van der Waals surface area contributed by atoms with Crippen molar-refractivity contribution in [1.29, 1.82) is 0 Å². The van der Waals surface area contributed by atoms with Crippen molar-refractivity contribution in [2.45, 2.75) is 6.92 Å². The first-order valence-corrected chi connectivity index (χ1v) is 9.35. The lowest BCUT2D eigenvalue weighted by Crippen LogP contribution is -2.20. The van der Waals surface area contributed by atoms with Gasteiger partial charge in [-0.1, -0.05) is 24.3 Å². The number of hydrogen-bond acceptors (Lipinski definition) is 5. The Morgan fingerprint density at radius 3 is 2.47 bits per heavy atom. The summed E-state index contributed by atoms with van der Waals surface area (Å²) in [6.45, 7) is 1.51. The highest BCUT2D eigenvalue weighted by atomic mass is 16.5. The number of benzene rings is 3. The van der Waals surface area contributed by atoms with Crippen molar-refractivity contribution in [2.24, 2.45) is 0 Å². The molecule has 0 aliphatic carbocycles. The number of carbonyl (C=O) groups excluding carboxylic acids is 2. The molecule has 0 saturated heterocycles. The van der Waals surface area contributed by atoms with E-state index in [1.807, 2.05) is 49.4 Å². The molecule has 0 aliphatic heterocycles. The van der Waals surface area contributed by atoms with Gasteiger partial charge in [-0.2, -0.15) is 0 Å². The highest BCUT2D eigenvalue weighted by molar-refractivity contribution is 5.96. The second kappa shape index (κ2) is 9.60. The van der Waals surface area contributed by atoms with E-state index in [-0.39, 0.29) is 0 Å². The van der Waals surface area contributed by atoms with Crippen LogP contribution in [0.5, 0.6) is 11.5 Å². The molecule has 0 saturated carbocycles. The average Bonchev–Trinajstić information content (AvgIpc) is 2.76. The van der Waals surface area contributed by atoms with E-state index in [9.17, 15) is 9.59 Å². The fourth-order valence-electron chi connectivity index (χ4n) is 2.93. The maximum atomic E-state index is 12.1. The molecule has 1 amide bonds. The second-order valence-electron chi connectivity index (χ2n) is 6.67. The molecular formula is C24H23NO5. The van der Waals surface area contributed by atoms with E-state index in [2.05, 4.69) is 5.32 Å². The Bertz CT molecular complexity index is 1100. The Morgan fingerprint density at radius 2 is 1.70 bits per heavy atom. The van der Waals surface area contributed by atoms with Gasteiger partial charge in [-0.15, -0.1) is 0 Å². The van der Waals surface area contributed by atoms with Gasteiger partial charge in [0, 0.05) is 6.08 Å². The minimum Gasteiger partial charge on any atom is -0.497 e. The van der Waals surface area contributed by atoms with Crippen LogP contribution in [0.3, 0.4) is 0 Å². The van der Waals surface area contributed by atoms with Crippen molar-refractivity contribution in [3.05, 3.63) is 71.8 Å². The predicted molar refractivity (Wildman–Crippen MR) is 117 cm³/mol. The lowest BCUT2D eigenvalue weighted by Gasteiger charge is -2.10. The van der Waals surface area contributed by atoms with E-state index in [1.165, 1.54) is 13.2 Å². The quantitative estimate of drug-likeness (QED) is 0.467. The Balaban J connectivity index is 1.56. The maximum absolute atomic E-state index is 12.1. The van der Waals surface area contributed by atoms with Gasteiger partial charge >= 0.3 is 5.97 Å². The number of amides is 1. The average molecular weight is 405 g/mol. The topological polar surface area (TPSA) is 73.9 Å². The molecule has 0 atom stereocenters. The van der Waals surface area contributed by atoms with Crippen molar-refractivity contribution in [3.63, 3.8) is 0 Å². The molecule has 0 aromatic heterocycles. The summed E-state index contributed by atoms with van der Waals surface area (Å²) in [7, 11) is 3.15. The minimum absolute atomic E-state index is 0.391. The molecule has 0 spiro atoms. The van der Waals surface area contributed by atoms with Crippen LogP contribution in [0, 0.1) is 6.92 Å². The van der Waals surface area contributed by atoms with E-state index in [1.54, 1.807) is 25.3 Å². The lowest BCUT2D eigenvalue weighted by molar-refractivity contribution is -0.142. The molecule has 0 radical (unpaired) electrons. The van der Waals surface area contributed by atoms with Gasteiger partial charge in [0.15, 0.2) is 6.61 Å². The molecule has 1 N–H and O–H groups in total. The van der Waals surface area contributed by atoms with Crippen LogP contribution in [0.15, 0.2) is 60.7 Å². The Morgan fingerprint density at radius 1 is 0.933 bits per heavy atom. The van der Waals surface area contributed by atoms with Crippen molar-refractivity contribution in [1.82, 2.24) is 0 Å². The van der Waals surface area contributed by atoms with Crippen molar-refractivity contribution in [2.75, 3.05) is 26.1 Å². The molecule has 0 bridgehead atoms. The summed E-state index contributed by atoms with van der Waals surface area (Å²) >= 11 is 0. The summed E-state index contributed by atoms with van der Waals surface area (Å²) in [5, 5.41) is 4.75. The molecule has 3 rings (SSSR count). The predicted octanol–water partition coefficient (Wildman–Crippen LogP) is 4.36. The van der Waals surface area contributed by atoms with Crippen LogP contribution in [-0.4, -0.2) is 32.7 Å². The van der Waals surface area contributed by atoms with E-state index in [0.717, 1.165) is 27.6 Å². The van der Waals surface area contributed by atoms with E-state index in [0.29, 0.717) is 11.4 Å². The van der Waals surface area contributed by atoms with Crippen LogP contribution in [0.1, 0.15) is 11.1 Å². The third-order valence-electron chi connectivity index (χ3n) is 4.46. The summed E-state index contributed by atoms with van der Waals surface area (Å²) in [5.74, 6) is 0.279. The van der Waals surface area contributed by atoms with Gasteiger partial charge in [-0.05, 0) is 65.2 Å². The highest BCUT2D eigenvalue weighted by Crippen LogP contribution is 2.25. The molecular weight excluding hydrogens is 382 g/mol. The monoisotopic (exact) mass is 405 g/mol. The van der Waals surface area contributed by atoms with Gasteiger partial charge in [-0.3, -0.25) is 4.79 Å². The number of anilines is 1. The highest BCUT2D eigenvalue weighted by Gasteiger charge is 2.10. The fraction of sp³-hybridized carbons (Fsp3) is 0.167. The van der Waals surface area contributed by atoms with Crippen molar-refractivity contribution < 1.29 is 23.8 Å². The first-order valence-electron chi connectivity index (χ1n) is 9.35. The zero-order valence-electron chi connectivity index (χ0n) is 17.1. The van der Waals surface area contributed by atoms with Gasteiger partial charge in [0.05, 0.1) is 19.9 Å². The normalized spacial score (nSPS) is 10.8. The van der Waals surface area contributed by atoms with Crippen LogP contribution in [0.4, 0.5) is 5.69 Å². The first kappa shape index (κ1) is 20.9. The van der Waals surface area contributed by atoms with Gasteiger partial charge in [0.1, 0.15) is 11.5 Å². The number of esters is 1. The third kappa shape index (κ3) is 5.38. The zero-order valence-corrected chi connectivity index (χ0v) is 17.1. The molecule has 3 aromatic rings. The Hall–Kier alpha value is -3.80. The number of ether oxygens (including phenoxy) is 3. The standard InChI is InChI=1S/C24H23NO5/c1-16-4-10-22(29-3)21(12-16)25-23(26)15-30-24(27)11-6-17-5-7-19-14-20(28-2)9-8-18(19)13-17/h4-14H,15H2,1-3H3,(H,25,26)/b11-6+. The number of rotatable bonds is 7. The van der Waals surface area contributed by atoms with Crippen LogP contribution >= 0.6 is 0 Å². The number of hydrogen-bond donors (Lipinski definition) is 1. The SMILES string of the molecule is COc1ccc2cc(/C=C/C(=O)OCC(=O)Nc3cc(C)ccc3OC)ccc2c1. The second-order valence-corrected chi connectivity index (χ2v) is 6.67. The van der Waals surface area contributed by atoms with Crippen molar-refractivity contribution >= 4 is 34.4 Å². The first-order chi connectivity index (χ1) is 14.5. The molecule has 0 heterocycles. The molecule has 0 fully saturated rings. The van der Waals surface area contributed by atoms with Gasteiger partial charge in [0.2, 0.25) is 0 Å². The smallest absolute Gasteiger partial charge is 0.331 e. The van der Waals surface area contributed by atoms with Crippen LogP contribution in [-0.2, 0) is 14.3 Å². The summed E-state index contributed by atoms with van der Waals surface area (Å²) < 4.78 is 15.5.